The largest absolute Gasteiger partial charge is 0.303 e. The minimum absolute atomic E-state index is 0.808. The molecule has 0 saturated carbocycles. The van der Waals surface area contributed by atoms with Crippen LogP contribution in [-0.2, 0) is 6.42 Å². The Kier molecular flexibility index (Phi) is 3.95. The quantitative estimate of drug-likeness (QED) is 0.511. The predicted octanol–water partition coefficient (Wildman–Crippen LogP) is 5.13. The monoisotopic (exact) mass is 310 g/mol. The molecule has 0 atom stereocenters. The highest BCUT2D eigenvalue weighted by Crippen LogP contribution is 2.23. The van der Waals surface area contributed by atoms with Crippen LogP contribution in [0.2, 0.25) is 0 Å². The van der Waals surface area contributed by atoms with E-state index in [1.165, 1.54) is 5.56 Å². The lowest BCUT2D eigenvalue weighted by molar-refractivity contribution is 0.914. The van der Waals surface area contributed by atoms with Gasteiger partial charge in [0.1, 0.15) is 5.82 Å². The van der Waals surface area contributed by atoms with Crippen molar-refractivity contribution >= 4 is 0 Å². The predicted molar refractivity (Wildman–Crippen MR) is 98.2 cm³/mol. The van der Waals surface area contributed by atoms with E-state index in [0.717, 1.165) is 29.2 Å². The molecule has 0 aliphatic carbocycles. The summed E-state index contributed by atoms with van der Waals surface area (Å²) in [7, 11) is 0. The van der Waals surface area contributed by atoms with E-state index in [4.69, 9.17) is 4.98 Å². The lowest BCUT2D eigenvalue weighted by atomic mass is 10.1. The van der Waals surface area contributed by atoms with Crippen molar-refractivity contribution in [2.24, 2.45) is 0 Å². The topological polar surface area (TPSA) is 17.8 Å². The van der Waals surface area contributed by atoms with Gasteiger partial charge >= 0.3 is 0 Å². The molecular formula is C22H18N2. The van der Waals surface area contributed by atoms with Gasteiger partial charge in [-0.05, 0) is 17.7 Å². The van der Waals surface area contributed by atoms with Gasteiger partial charge in [-0.25, -0.2) is 4.98 Å². The molecule has 0 saturated heterocycles. The second-order valence-electron chi connectivity index (χ2n) is 5.78. The number of hydrogen-bond acceptors (Lipinski definition) is 1. The van der Waals surface area contributed by atoms with Crippen molar-refractivity contribution in [1.82, 2.24) is 9.55 Å². The molecule has 0 aliphatic rings. The van der Waals surface area contributed by atoms with Gasteiger partial charge in [-0.15, -0.1) is 0 Å². The van der Waals surface area contributed by atoms with Crippen LogP contribution in [0.1, 0.15) is 11.4 Å². The van der Waals surface area contributed by atoms with E-state index < -0.39 is 0 Å². The molecule has 2 nitrogen and oxygen atoms in total. The Morgan fingerprint density at radius 1 is 0.667 bits per heavy atom. The summed E-state index contributed by atoms with van der Waals surface area (Å²) in [4.78, 5) is 4.92. The summed E-state index contributed by atoms with van der Waals surface area (Å²) in [6, 6.07) is 31.2. The van der Waals surface area contributed by atoms with Crippen molar-refractivity contribution in [3.63, 3.8) is 0 Å². The summed E-state index contributed by atoms with van der Waals surface area (Å²) < 4.78 is 2.19. The third kappa shape index (κ3) is 2.99. The molecule has 0 amide bonds. The number of para-hydroxylation sites is 1. The number of benzene rings is 3. The summed E-state index contributed by atoms with van der Waals surface area (Å²) in [6.07, 6.45) is 2.94. The number of hydrogen-bond donors (Lipinski definition) is 0. The summed E-state index contributed by atoms with van der Waals surface area (Å²) in [5, 5.41) is 0. The lowest BCUT2D eigenvalue weighted by Gasteiger charge is -2.07. The zero-order valence-electron chi connectivity index (χ0n) is 13.3. The molecular weight excluding hydrogens is 292 g/mol. The van der Waals surface area contributed by atoms with Gasteiger partial charge in [0, 0.05) is 23.9 Å². The highest BCUT2D eigenvalue weighted by Gasteiger charge is 2.11. The fourth-order valence-electron chi connectivity index (χ4n) is 2.88. The van der Waals surface area contributed by atoms with E-state index in [9.17, 15) is 0 Å². The van der Waals surface area contributed by atoms with Crippen LogP contribution in [0.25, 0.3) is 16.9 Å². The molecule has 3 aromatic carbocycles. The lowest BCUT2D eigenvalue weighted by Crippen LogP contribution is -2.01. The first-order chi connectivity index (χ1) is 11.9. The van der Waals surface area contributed by atoms with Gasteiger partial charge in [-0.1, -0.05) is 78.9 Å². The van der Waals surface area contributed by atoms with Gasteiger partial charge in [0.05, 0.1) is 5.69 Å². The molecule has 2 heteroatoms. The fraction of sp³-hybridized carbons (Fsp3) is 0.0455. The Hall–Kier alpha value is -3.13. The SMILES string of the molecule is c1ccc(Cc2nc(-c3ccccc3)cn2-c2ccccc2)cc1. The van der Waals surface area contributed by atoms with Crippen LogP contribution in [0.5, 0.6) is 0 Å². The molecule has 0 radical (unpaired) electrons. The first kappa shape index (κ1) is 14.5. The first-order valence-corrected chi connectivity index (χ1v) is 8.13. The first-order valence-electron chi connectivity index (χ1n) is 8.13. The van der Waals surface area contributed by atoms with Crippen LogP contribution in [0, 0.1) is 0 Å². The second kappa shape index (κ2) is 6.55. The van der Waals surface area contributed by atoms with Crippen molar-refractivity contribution < 1.29 is 0 Å². The number of rotatable bonds is 4. The Morgan fingerprint density at radius 3 is 1.92 bits per heavy atom. The smallest absolute Gasteiger partial charge is 0.118 e. The van der Waals surface area contributed by atoms with Gasteiger partial charge < -0.3 is 4.57 Å². The van der Waals surface area contributed by atoms with E-state index in [0.29, 0.717) is 0 Å². The maximum atomic E-state index is 4.92. The van der Waals surface area contributed by atoms with E-state index in [-0.39, 0.29) is 0 Å². The zero-order valence-corrected chi connectivity index (χ0v) is 13.3. The van der Waals surface area contributed by atoms with Crippen molar-refractivity contribution in [3.05, 3.63) is 109 Å². The van der Waals surface area contributed by atoms with Gasteiger partial charge in [0.2, 0.25) is 0 Å². The van der Waals surface area contributed by atoms with Crippen LogP contribution >= 0.6 is 0 Å². The van der Waals surface area contributed by atoms with E-state index >= 15 is 0 Å². The molecule has 0 N–H and O–H groups in total. The van der Waals surface area contributed by atoms with Gasteiger partial charge in [-0.3, -0.25) is 0 Å². The minimum atomic E-state index is 0.808. The Labute approximate surface area is 142 Å². The van der Waals surface area contributed by atoms with Crippen LogP contribution in [0.3, 0.4) is 0 Å². The average molecular weight is 310 g/mol. The van der Waals surface area contributed by atoms with Gasteiger partial charge in [-0.2, -0.15) is 0 Å². The maximum Gasteiger partial charge on any atom is 0.118 e. The molecule has 0 unspecified atom stereocenters. The molecule has 4 aromatic rings. The summed E-state index contributed by atoms with van der Waals surface area (Å²) >= 11 is 0. The standard InChI is InChI=1S/C22H18N2/c1-4-10-18(11-5-1)16-22-23-21(19-12-6-2-7-13-19)17-24(22)20-14-8-3-9-15-20/h1-15,17H,16H2. The Morgan fingerprint density at radius 2 is 1.25 bits per heavy atom. The van der Waals surface area contributed by atoms with Crippen LogP contribution in [0.15, 0.2) is 97.2 Å². The molecule has 0 fully saturated rings. The second-order valence-corrected chi connectivity index (χ2v) is 5.78. The summed E-state index contributed by atoms with van der Waals surface area (Å²) in [5.74, 6) is 1.05. The molecule has 1 aromatic heterocycles. The highest BCUT2D eigenvalue weighted by atomic mass is 15.1. The van der Waals surface area contributed by atoms with Crippen molar-refractivity contribution in [2.45, 2.75) is 6.42 Å². The molecule has 1 heterocycles. The van der Waals surface area contributed by atoms with Crippen LogP contribution in [0.4, 0.5) is 0 Å². The molecule has 0 bridgehead atoms. The maximum absolute atomic E-state index is 4.92. The minimum Gasteiger partial charge on any atom is -0.303 e. The average Bonchev–Trinajstić information content (AvgIpc) is 3.08. The Balaban J connectivity index is 1.80. The fourth-order valence-corrected chi connectivity index (χ4v) is 2.88. The number of imidazole rings is 1. The van der Waals surface area contributed by atoms with Crippen molar-refractivity contribution in [2.75, 3.05) is 0 Å². The zero-order chi connectivity index (χ0) is 16.2. The van der Waals surface area contributed by atoms with Crippen LogP contribution < -0.4 is 0 Å². The molecule has 24 heavy (non-hydrogen) atoms. The molecule has 116 valence electrons. The van der Waals surface area contributed by atoms with E-state index in [1.54, 1.807) is 0 Å². The molecule has 0 spiro atoms. The molecule has 4 rings (SSSR count). The normalized spacial score (nSPS) is 10.7. The van der Waals surface area contributed by atoms with E-state index in [1.807, 2.05) is 30.3 Å². The third-order valence-corrected chi connectivity index (χ3v) is 4.09. The summed E-state index contributed by atoms with van der Waals surface area (Å²) in [6.45, 7) is 0. The number of aromatic nitrogens is 2. The molecule has 0 aliphatic heterocycles. The summed E-state index contributed by atoms with van der Waals surface area (Å²) in [5.41, 5.74) is 4.55. The van der Waals surface area contributed by atoms with Crippen molar-refractivity contribution in [1.29, 1.82) is 0 Å². The third-order valence-electron chi connectivity index (χ3n) is 4.09. The van der Waals surface area contributed by atoms with Gasteiger partial charge in [0.25, 0.3) is 0 Å². The Bertz CT molecular complexity index is 910. The number of nitrogens with zero attached hydrogens (tertiary/aromatic N) is 2. The van der Waals surface area contributed by atoms with Gasteiger partial charge in [0.15, 0.2) is 0 Å². The van der Waals surface area contributed by atoms with Crippen LogP contribution in [-0.4, -0.2) is 9.55 Å². The highest BCUT2D eigenvalue weighted by molar-refractivity contribution is 5.59. The van der Waals surface area contributed by atoms with Crippen molar-refractivity contribution in [3.8, 4) is 16.9 Å². The van der Waals surface area contributed by atoms with E-state index in [2.05, 4.69) is 71.4 Å².